The number of hydrogen-bond donors (Lipinski definition) is 0. The fourth-order valence-corrected chi connectivity index (χ4v) is 2.39. The molecule has 1 aliphatic heterocycles. The SMILES string of the molecule is [2H]C([2H])(C=C)OC(=O)[C@@H]1CCCN1/C=C(\C)c1ccccc1. The second-order valence-corrected chi connectivity index (χ2v) is 4.82. The van der Waals surface area contributed by atoms with Crippen LogP contribution in [0.4, 0.5) is 0 Å². The summed E-state index contributed by atoms with van der Waals surface area (Å²) in [7, 11) is 0. The van der Waals surface area contributed by atoms with Gasteiger partial charge < -0.3 is 9.64 Å². The van der Waals surface area contributed by atoms with Crippen LogP contribution in [0.25, 0.3) is 5.57 Å². The summed E-state index contributed by atoms with van der Waals surface area (Å²) < 4.78 is 19.9. The fourth-order valence-electron chi connectivity index (χ4n) is 2.39. The summed E-state index contributed by atoms with van der Waals surface area (Å²) in [6, 6.07) is 9.51. The summed E-state index contributed by atoms with van der Waals surface area (Å²) >= 11 is 0. The van der Waals surface area contributed by atoms with E-state index in [-0.39, 0.29) is 0 Å². The molecule has 0 bridgehead atoms. The van der Waals surface area contributed by atoms with Crippen molar-refractivity contribution < 1.29 is 12.3 Å². The van der Waals surface area contributed by atoms with E-state index in [1.165, 1.54) is 0 Å². The highest BCUT2D eigenvalue weighted by Crippen LogP contribution is 2.22. The van der Waals surface area contributed by atoms with Crippen LogP contribution in [0.2, 0.25) is 0 Å². The molecule has 1 fully saturated rings. The molecule has 0 amide bonds. The molecule has 0 spiro atoms. The second-order valence-electron chi connectivity index (χ2n) is 4.82. The average Bonchev–Trinajstić information content (AvgIpc) is 2.96. The van der Waals surface area contributed by atoms with Gasteiger partial charge >= 0.3 is 5.97 Å². The quantitative estimate of drug-likeness (QED) is 0.609. The smallest absolute Gasteiger partial charge is 0.329 e. The maximum absolute atomic E-state index is 12.2. The predicted octanol–water partition coefficient (Wildman–Crippen LogP) is 3.24. The number of ether oxygens (including phenoxy) is 1. The number of carbonyl (C=O) groups is 1. The van der Waals surface area contributed by atoms with E-state index in [4.69, 9.17) is 7.48 Å². The number of esters is 1. The Hall–Kier alpha value is -2.03. The lowest BCUT2D eigenvalue weighted by Crippen LogP contribution is -2.33. The summed E-state index contributed by atoms with van der Waals surface area (Å²) in [5.74, 6) is -0.542. The monoisotopic (exact) mass is 273 g/mol. The van der Waals surface area contributed by atoms with Crippen LogP contribution in [-0.4, -0.2) is 30.0 Å². The van der Waals surface area contributed by atoms with Crippen LogP contribution < -0.4 is 0 Å². The molecule has 0 aromatic heterocycles. The third kappa shape index (κ3) is 3.50. The molecule has 20 heavy (non-hydrogen) atoms. The molecule has 0 radical (unpaired) electrons. The number of likely N-dealkylation sites (tertiary alicyclic amines) is 1. The van der Waals surface area contributed by atoms with Crippen LogP contribution in [0.5, 0.6) is 0 Å². The van der Waals surface area contributed by atoms with Gasteiger partial charge in [-0.1, -0.05) is 43.0 Å². The highest BCUT2D eigenvalue weighted by atomic mass is 16.5. The molecule has 0 unspecified atom stereocenters. The number of allylic oxidation sites excluding steroid dienone is 1. The van der Waals surface area contributed by atoms with E-state index in [0.29, 0.717) is 6.42 Å². The Morgan fingerprint density at radius 3 is 3.00 bits per heavy atom. The Balaban J connectivity index is 2.11. The Labute approximate surface area is 123 Å². The summed E-state index contributed by atoms with van der Waals surface area (Å²) in [5, 5.41) is 0. The summed E-state index contributed by atoms with van der Waals surface area (Å²) in [5.41, 5.74) is 2.16. The molecule has 1 saturated heterocycles. The lowest BCUT2D eigenvalue weighted by Gasteiger charge is -2.22. The number of benzene rings is 1. The lowest BCUT2D eigenvalue weighted by atomic mass is 10.1. The molecule has 0 aliphatic carbocycles. The minimum absolute atomic E-state index is 0.436. The molecule has 1 aromatic rings. The van der Waals surface area contributed by atoms with Crippen LogP contribution >= 0.6 is 0 Å². The van der Waals surface area contributed by atoms with Gasteiger partial charge in [0, 0.05) is 12.7 Å². The zero-order chi connectivity index (χ0) is 16.2. The first kappa shape index (κ1) is 11.8. The van der Waals surface area contributed by atoms with E-state index in [0.717, 1.165) is 30.2 Å². The van der Waals surface area contributed by atoms with E-state index in [1.54, 1.807) is 0 Å². The van der Waals surface area contributed by atoms with E-state index in [1.807, 2.05) is 48.4 Å². The van der Waals surface area contributed by atoms with Crippen LogP contribution in [0, 0.1) is 0 Å². The van der Waals surface area contributed by atoms with E-state index < -0.39 is 18.6 Å². The first-order chi connectivity index (χ1) is 10.4. The van der Waals surface area contributed by atoms with Crippen molar-refractivity contribution >= 4 is 11.5 Å². The van der Waals surface area contributed by atoms with Gasteiger partial charge in [-0.2, -0.15) is 0 Å². The van der Waals surface area contributed by atoms with Gasteiger partial charge in [-0.25, -0.2) is 4.79 Å². The summed E-state index contributed by atoms with van der Waals surface area (Å²) in [6.07, 6.45) is 4.51. The van der Waals surface area contributed by atoms with E-state index in [2.05, 4.69) is 6.58 Å². The standard InChI is InChI=1S/C17H21NO2/c1-3-12-20-17(19)16-10-7-11-18(16)13-14(2)15-8-5-4-6-9-15/h3-6,8-9,13,16H,1,7,10-12H2,2H3/b14-13+/t16-/m0/s1/i12D2. The molecule has 1 aromatic carbocycles. The summed E-state index contributed by atoms with van der Waals surface area (Å²) in [4.78, 5) is 14.1. The third-order valence-electron chi connectivity index (χ3n) is 3.40. The van der Waals surface area contributed by atoms with Crippen LogP contribution in [0.15, 0.2) is 49.2 Å². The van der Waals surface area contributed by atoms with Crippen molar-refractivity contribution in [3.8, 4) is 0 Å². The third-order valence-corrected chi connectivity index (χ3v) is 3.40. The topological polar surface area (TPSA) is 29.5 Å². The zero-order valence-electron chi connectivity index (χ0n) is 13.7. The van der Waals surface area contributed by atoms with Gasteiger partial charge in [0.15, 0.2) is 0 Å². The van der Waals surface area contributed by atoms with Crippen molar-refractivity contribution in [2.45, 2.75) is 25.8 Å². The number of carbonyl (C=O) groups excluding carboxylic acids is 1. The molecule has 3 heteroatoms. The minimum Gasteiger partial charge on any atom is -0.460 e. The van der Waals surface area contributed by atoms with Gasteiger partial charge in [0.05, 0.1) is 2.74 Å². The molecule has 1 atom stereocenters. The highest BCUT2D eigenvalue weighted by molar-refractivity contribution is 5.77. The van der Waals surface area contributed by atoms with Gasteiger partial charge in [-0.15, -0.1) is 0 Å². The van der Waals surface area contributed by atoms with Crippen LogP contribution in [0.3, 0.4) is 0 Å². The molecule has 1 aliphatic rings. The van der Waals surface area contributed by atoms with Gasteiger partial charge in [0.25, 0.3) is 0 Å². The molecule has 2 rings (SSSR count). The van der Waals surface area contributed by atoms with E-state index in [9.17, 15) is 4.79 Å². The number of rotatable bonds is 5. The molecule has 106 valence electrons. The molecular formula is C17H21NO2. The molecule has 1 heterocycles. The van der Waals surface area contributed by atoms with Crippen molar-refractivity contribution in [2.24, 2.45) is 0 Å². The normalized spacial score (nSPS) is 21.1. The van der Waals surface area contributed by atoms with E-state index >= 15 is 0 Å². The molecule has 3 nitrogen and oxygen atoms in total. The fraction of sp³-hybridized carbons (Fsp3) is 0.353. The second kappa shape index (κ2) is 6.94. The van der Waals surface area contributed by atoms with Gasteiger partial charge in [-0.05, 0) is 30.9 Å². The first-order valence-corrected chi connectivity index (χ1v) is 6.79. The maximum Gasteiger partial charge on any atom is 0.329 e. The van der Waals surface area contributed by atoms with Crippen LogP contribution in [-0.2, 0) is 9.53 Å². The van der Waals surface area contributed by atoms with Crippen molar-refractivity contribution in [1.82, 2.24) is 4.90 Å². The van der Waals surface area contributed by atoms with Crippen molar-refractivity contribution in [1.29, 1.82) is 0 Å². The highest BCUT2D eigenvalue weighted by Gasteiger charge is 2.29. The number of nitrogens with zero attached hydrogens (tertiary/aromatic N) is 1. The van der Waals surface area contributed by atoms with Crippen LogP contribution in [0.1, 0.15) is 28.1 Å². The average molecular weight is 273 g/mol. The lowest BCUT2D eigenvalue weighted by molar-refractivity contribution is -0.146. The van der Waals surface area contributed by atoms with Crippen molar-refractivity contribution in [3.05, 3.63) is 54.8 Å². The largest absolute Gasteiger partial charge is 0.460 e. The first-order valence-electron chi connectivity index (χ1n) is 7.79. The van der Waals surface area contributed by atoms with Gasteiger partial charge in [0.2, 0.25) is 0 Å². The Morgan fingerprint density at radius 1 is 1.55 bits per heavy atom. The molecule has 0 saturated carbocycles. The molecule has 0 N–H and O–H groups in total. The van der Waals surface area contributed by atoms with Gasteiger partial charge in [-0.3, -0.25) is 0 Å². The Morgan fingerprint density at radius 2 is 2.30 bits per heavy atom. The minimum atomic E-state index is -2.12. The Bertz CT molecular complexity index is 569. The van der Waals surface area contributed by atoms with Crippen molar-refractivity contribution in [3.63, 3.8) is 0 Å². The zero-order valence-corrected chi connectivity index (χ0v) is 11.7. The predicted molar refractivity (Wildman–Crippen MR) is 81.0 cm³/mol. The number of hydrogen-bond acceptors (Lipinski definition) is 3. The summed E-state index contributed by atoms with van der Waals surface area (Å²) in [6.45, 7) is 3.98. The Kier molecular flexibility index (Phi) is 4.08. The van der Waals surface area contributed by atoms with Crippen molar-refractivity contribution in [2.75, 3.05) is 13.1 Å². The molecular weight excluding hydrogens is 250 g/mol. The maximum atomic E-state index is 12.2. The van der Waals surface area contributed by atoms with Gasteiger partial charge in [0.1, 0.15) is 12.6 Å².